The van der Waals surface area contributed by atoms with Crippen LogP contribution in [0, 0.1) is 5.82 Å². The zero-order chi connectivity index (χ0) is 18.0. The SMILES string of the molecule is COC(=O)C1=C(CBr)NC(c2nncs2)=NC1c1ccc(F)cc1Br. The minimum atomic E-state index is -0.671. The van der Waals surface area contributed by atoms with Crippen LogP contribution in [0.5, 0.6) is 0 Å². The van der Waals surface area contributed by atoms with Crippen molar-refractivity contribution in [2.75, 3.05) is 12.4 Å². The first kappa shape index (κ1) is 18.2. The molecule has 2 aromatic rings. The first-order chi connectivity index (χ1) is 12.0. The van der Waals surface area contributed by atoms with Gasteiger partial charge >= 0.3 is 5.97 Å². The number of aromatic nitrogens is 2. The highest BCUT2D eigenvalue weighted by Gasteiger charge is 2.33. The topological polar surface area (TPSA) is 76.5 Å². The average molecular weight is 490 g/mol. The van der Waals surface area contributed by atoms with Gasteiger partial charge in [0, 0.05) is 15.5 Å². The zero-order valence-electron chi connectivity index (χ0n) is 12.8. The van der Waals surface area contributed by atoms with E-state index >= 15 is 0 Å². The van der Waals surface area contributed by atoms with E-state index in [-0.39, 0.29) is 5.82 Å². The highest BCUT2D eigenvalue weighted by Crippen LogP contribution is 2.36. The number of benzene rings is 1. The molecule has 130 valence electrons. The first-order valence-corrected chi connectivity index (χ1v) is 9.78. The Balaban J connectivity index is 2.17. The number of hydrogen-bond acceptors (Lipinski definition) is 7. The fourth-order valence-corrected chi connectivity index (χ4v) is 3.90. The third-order valence-corrected chi connectivity index (χ3v) is 5.43. The van der Waals surface area contributed by atoms with Crippen molar-refractivity contribution in [3.63, 3.8) is 0 Å². The van der Waals surface area contributed by atoms with Crippen molar-refractivity contribution in [3.8, 4) is 0 Å². The molecule has 6 nitrogen and oxygen atoms in total. The first-order valence-electron chi connectivity index (χ1n) is 6.98. The molecule has 10 heteroatoms. The van der Waals surface area contributed by atoms with E-state index in [0.717, 1.165) is 0 Å². The summed E-state index contributed by atoms with van der Waals surface area (Å²) in [5.74, 6) is -0.406. The van der Waals surface area contributed by atoms with E-state index < -0.39 is 12.0 Å². The zero-order valence-corrected chi connectivity index (χ0v) is 16.8. The lowest BCUT2D eigenvalue weighted by atomic mass is 9.96. The van der Waals surface area contributed by atoms with Crippen LogP contribution in [-0.4, -0.2) is 34.4 Å². The molecule has 0 fully saturated rings. The van der Waals surface area contributed by atoms with Crippen LogP contribution in [0.4, 0.5) is 4.39 Å². The number of amidine groups is 1. The molecule has 0 radical (unpaired) electrons. The van der Waals surface area contributed by atoms with E-state index in [1.54, 1.807) is 11.6 Å². The summed E-state index contributed by atoms with van der Waals surface area (Å²) in [5, 5.41) is 11.9. The van der Waals surface area contributed by atoms with Crippen molar-refractivity contribution in [2.24, 2.45) is 4.99 Å². The van der Waals surface area contributed by atoms with Crippen LogP contribution in [0.25, 0.3) is 0 Å². The van der Waals surface area contributed by atoms with Gasteiger partial charge in [-0.1, -0.05) is 49.3 Å². The highest BCUT2D eigenvalue weighted by atomic mass is 79.9. The second kappa shape index (κ2) is 7.71. The van der Waals surface area contributed by atoms with Crippen LogP contribution in [0.2, 0.25) is 0 Å². The van der Waals surface area contributed by atoms with Crippen LogP contribution in [0.15, 0.2) is 44.4 Å². The second-order valence-corrected chi connectivity index (χ2v) is 7.18. The van der Waals surface area contributed by atoms with Crippen LogP contribution in [-0.2, 0) is 9.53 Å². The van der Waals surface area contributed by atoms with Gasteiger partial charge in [0.1, 0.15) is 17.4 Å². The van der Waals surface area contributed by atoms with Gasteiger partial charge in [-0.3, -0.25) is 4.99 Å². The average Bonchev–Trinajstić information content (AvgIpc) is 3.14. The monoisotopic (exact) mass is 488 g/mol. The summed E-state index contributed by atoms with van der Waals surface area (Å²) in [7, 11) is 1.31. The van der Waals surface area contributed by atoms with Gasteiger partial charge in [0.2, 0.25) is 0 Å². The number of esters is 1. The third-order valence-electron chi connectivity index (χ3n) is 3.48. The molecular weight excluding hydrogens is 479 g/mol. The van der Waals surface area contributed by atoms with Crippen molar-refractivity contribution < 1.29 is 13.9 Å². The fraction of sp³-hybridized carbons (Fsp3) is 0.200. The molecule has 0 amide bonds. The number of aliphatic imine (C=N–C) groups is 1. The molecule has 1 aliphatic heterocycles. The van der Waals surface area contributed by atoms with E-state index in [9.17, 15) is 9.18 Å². The predicted octanol–water partition coefficient (Wildman–Crippen LogP) is 3.35. The van der Waals surface area contributed by atoms with E-state index in [1.165, 1.54) is 30.6 Å². The Kier molecular flexibility index (Phi) is 5.60. The van der Waals surface area contributed by atoms with Gasteiger partial charge in [0.25, 0.3) is 0 Å². The Bertz CT molecular complexity index is 870. The number of carbonyl (C=O) groups excluding carboxylic acids is 1. The number of allylic oxidation sites excluding steroid dienone is 1. The van der Waals surface area contributed by atoms with Gasteiger partial charge in [-0.2, -0.15) is 0 Å². The summed E-state index contributed by atoms with van der Waals surface area (Å²) < 4.78 is 18.9. The maximum Gasteiger partial charge on any atom is 0.338 e. The molecule has 0 spiro atoms. The molecule has 3 rings (SSSR count). The van der Waals surface area contributed by atoms with Crippen LogP contribution >= 0.6 is 43.2 Å². The van der Waals surface area contributed by atoms with E-state index in [2.05, 4.69) is 52.4 Å². The van der Waals surface area contributed by atoms with Gasteiger partial charge in [-0.15, -0.1) is 10.2 Å². The second-order valence-electron chi connectivity index (χ2n) is 4.93. The Hall–Kier alpha value is -1.65. The minimum absolute atomic E-state index is 0.347. The normalized spacial score (nSPS) is 17.1. The summed E-state index contributed by atoms with van der Waals surface area (Å²) in [6, 6.07) is 3.58. The van der Waals surface area contributed by atoms with Crippen LogP contribution in [0.3, 0.4) is 0 Å². The van der Waals surface area contributed by atoms with Gasteiger partial charge in [0.05, 0.1) is 12.7 Å². The molecular formula is C15H11Br2FN4O2S. The minimum Gasteiger partial charge on any atom is -0.466 e. The Morgan fingerprint density at radius 3 is 2.88 bits per heavy atom. The van der Waals surface area contributed by atoms with Gasteiger partial charge in [-0.05, 0) is 17.7 Å². The van der Waals surface area contributed by atoms with Crippen molar-refractivity contribution in [2.45, 2.75) is 6.04 Å². The number of halogens is 3. The molecule has 1 atom stereocenters. The molecule has 1 aliphatic rings. The Morgan fingerprint density at radius 2 is 2.28 bits per heavy atom. The number of methoxy groups -OCH3 is 1. The highest BCUT2D eigenvalue weighted by molar-refractivity contribution is 9.10. The van der Waals surface area contributed by atoms with E-state index in [1.807, 2.05) is 0 Å². The smallest absolute Gasteiger partial charge is 0.338 e. The number of ether oxygens (including phenoxy) is 1. The van der Waals surface area contributed by atoms with Crippen LogP contribution < -0.4 is 5.32 Å². The summed E-state index contributed by atoms with van der Waals surface area (Å²) in [4.78, 5) is 17.0. The summed E-state index contributed by atoms with van der Waals surface area (Å²) in [5.41, 5.74) is 3.19. The molecule has 1 aromatic carbocycles. The number of alkyl halides is 1. The number of carbonyl (C=O) groups is 1. The number of nitrogens with zero attached hydrogens (tertiary/aromatic N) is 3. The summed E-state index contributed by atoms with van der Waals surface area (Å²) in [6.45, 7) is 0. The van der Waals surface area contributed by atoms with Crippen molar-refractivity contribution in [1.82, 2.24) is 15.5 Å². The molecule has 1 unspecified atom stereocenters. The lowest BCUT2D eigenvalue weighted by Crippen LogP contribution is -2.34. The lowest BCUT2D eigenvalue weighted by Gasteiger charge is -2.26. The molecule has 0 aliphatic carbocycles. The largest absolute Gasteiger partial charge is 0.466 e. The maximum atomic E-state index is 13.5. The Morgan fingerprint density at radius 1 is 1.48 bits per heavy atom. The van der Waals surface area contributed by atoms with Crippen molar-refractivity contribution in [3.05, 3.63) is 55.8 Å². The number of hydrogen-bond donors (Lipinski definition) is 1. The Labute approximate surface area is 163 Å². The molecule has 0 saturated carbocycles. The molecule has 25 heavy (non-hydrogen) atoms. The molecule has 2 heterocycles. The van der Waals surface area contributed by atoms with Crippen LogP contribution in [0.1, 0.15) is 16.6 Å². The molecule has 1 aromatic heterocycles. The fourth-order valence-electron chi connectivity index (χ4n) is 2.38. The standard InChI is InChI=1S/C15H11Br2FN4O2S/c1-24-15(23)11-10(5-16)20-13(14-22-19-6-25-14)21-12(11)8-3-2-7(18)4-9(8)17/h2-4,6,12H,5H2,1H3,(H,20,21). The summed E-state index contributed by atoms with van der Waals surface area (Å²) in [6.07, 6.45) is 0. The molecule has 0 bridgehead atoms. The van der Waals surface area contributed by atoms with Crippen molar-refractivity contribution >= 4 is 55.0 Å². The quantitative estimate of drug-likeness (QED) is 0.526. The summed E-state index contributed by atoms with van der Waals surface area (Å²) >= 11 is 8.05. The third kappa shape index (κ3) is 3.65. The van der Waals surface area contributed by atoms with E-state index in [0.29, 0.717) is 37.5 Å². The number of rotatable bonds is 4. The molecule has 0 saturated heterocycles. The maximum absolute atomic E-state index is 13.5. The molecule has 1 N–H and O–H groups in total. The van der Waals surface area contributed by atoms with E-state index in [4.69, 9.17) is 4.74 Å². The van der Waals surface area contributed by atoms with Gasteiger partial charge < -0.3 is 10.1 Å². The number of nitrogens with one attached hydrogen (secondary N) is 1. The van der Waals surface area contributed by atoms with Gasteiger partial charge in [-0.25, -0.2) is 9.18 Å². The van der Waals surface area contributed by atoms with Gasteiger partial charge in [0.15, 0.2) is 10.8 Å². The lowest BCUT2D eigenvalue weighted by molar-refractivity contribution is -0.136. The van der Waals surface area contributed by atoms with Crippen molar-refractivity contribution in [1.29, 1.82) is 0 Å². The predicted molar refractivity (Wildman–Crippen MR) is 99.3 cm³/mol.